The second kappa shape index (κ2) is 5.16. The van der Waals surface area contributed by atoms with Gasteiger partial charge in [0.25, 0.3) is 0 Å². The first kappa shape index (κ1) is 13.0. The number of pyridine rings is 1. The quantitative estimate of drug-likeness (QED) is 0.750. The van der Waals surface area contributed by atoms with Crippen molar-refractivity contribution in [1.82, 2.24) is 15.0 Å². The summed E-state index contributed by atoms with van der Waals surface area (Å²) in [4.78, 5) is 23.3. The van der Waals surface area contributed by atoms with Gasteiger partial charge in [-0.3, -0.25) is 4.79 Å². The van der Waals surface area contributed by atoms with Gasteiger partial charge in [0.2, 0.25) is 11.9 Å². The number of nitrogens with two attached hydrogens (primary N) is 1. The molecule has 0 aliphatic rings. The summed E-state index contributed by atoms with van der Waals surface area (Å²) in [5.74, 6) is 0.649. The van der Waals surface area contributed by atoms with Crippen molar-refractivity contribution in [3.05, 3.63) is 42.7 Å². The van der Waals surface area contributed by atoms with Gasteiger partial charge >= 0.3 is 0 Å². The molecule has 6 heteroatoms. The van der Waals surface area contributed by atoms with Crippen molar-refractivity contribution in [2.75, 3.05) is 11.1 Å². The summed E-state index contributed by atoms with van der Waals surface area (Å²) in [5.41, 5.74) is 8.31. The average molecular weight is 279 g/mol. The summed E-state index contributed by atoms with van der Waals surface area (Å²) >= 11 is 0. The molecule has 3 aromatic rings. The number of benzene rings is 1. The van der Waals surface area contributed by atoms with Gasteiger partial charge in [-0.2, -0.15) is 0 Å². The molecule has 0 spiro atoms. The van der Waals surface area contributed by atoms with Crippen molar-refractivity contribution in [2.24, 2.45) is 0 Å². The zero-order chi connectivity index (χ0) is 14.8. The Morgan fingerprint density at radius 1 is 1.10 bits per heavy atom. The third kappa shape index (κ3) is 2.79. The van der Waals surface area contributed by atoms with Gasteiger partial charge in [-0.15, -0.1) is 0 Å². The highest BCUT2D eigenvalue weighted by Crippen LogP contribution is 2.23. The van der Waals surface area contributed by atoms with Crippen LogP contribution in [0.2, 0.25) is 0 Å². The number of hydrogen-bond acceptors (Lipinski definition) is 5. The van der Waals surface area contributed by atoms with E-state index >= 15 is 0 Å². The average Bonchev–Trinajstić information content (AvgIpc) is 2.47. The number of fused-ring (bicyclic) bond motifs is 1. The molecule has 3 N–H and O–H groups in total. The highest BCUT2D eigenvalue weighted by atomic mass is 16.1. The molecule has 21 heavy (non-hydrogen) atoms. The number of carbonyl (C=O) groups excluding carboxylic acids is 1. The molecule has 0 aliphatic carbocycles. The molecule has 0 atom stereocenters. The van der Waals surface area contributed by atoms with Crippen LogP contribution in [0.25, 0.3) is 22.0 Å². The Hall–Kier alpha value is -3.02. The number of aromatic nitrogens is 3. The van der Waals surface area contributed by atoms with Crippen LogP contribution in [0.15, 0.2) is 42.7 Å². The number of nitrogens with zero attached hydrogens (tertiary/aromatic N) is 3. The Kier molecular flexibility index (Phi) is 3.19. The van der Waals surface area contributed by atoms with Crippen LogP contribution in [0.4, 0.5) is 11.8 Å². The molecule has 104 valence electrons. The van der Waals surface area contributed by atoms with E-state index in [2.05, 4.69) is 20.3 Å². The Bertz CT molecular complexity index is 814. The minimum atomic E-state index is -0.143. The number of nitrogens with one attached hydrogen (secondary N) is 1. The van der Waals surface area contributed by atoms with Crippen molar-refractivity contribution < 1.29 is 4.79 Å². The van der Waals surface area contributed by atoms with Gasteiger partial charge < -0.3 is 11.1 Å². The number of nitrogen functional groups attached to an aromatic ring is 1. The summed E-state index contributed by atoms with van der Waals surface area (Å²) in [6.07, 6.45) is 3.41. The lowest BCUT2D eigenvalue weighted by atomic mass is 10.1. The molecule has 3 rings (SSSR count). The number of hydrogen-bond donors (Lipinski definition) is 2. The van der Waals surface area contributed by atoms with E-state index in [0.717, 1.165) is 22.0 Å². The van der Waals surface area contributed by atoms with E-state index in [1.165, 1.54) is 6.92 Å². The molecule has 0 bridgehead atoms. The topological polar surface area (TPSA) is 93.8 Å². The zero-order valence-corrected chi connectivity index (χ0v) is 11.4. The smallest absolute Gasteiger partial charge is 0.222 e. The van der Waals surface area contributed by atoms with Crippen molar-refractivity contribution in [3.8, 4) is 11.1 Å². The molecule has 0 radical (unpaired) electrons. The molecule has 2 aromatic heterocycles. The molecule has 0 saturated carbocycles. The van der Waals surface area contributed by atoms with E-state index < -0.39 is 0 Å². The second-order valence-corrected chi connectivity index (χ2v) is 4.62. The summed E-state index contributed by atoms with van der Waals surface area (Å²) < 4.78 is 0. The van der Waals surface area contributed by atoms with Gasteiger partial charge in [0.1, 0.15) is 5.82 Å². The van der Waals surface area contributed by atoms with Crippen LogP contribution >= 0.6 is 0 Å². The number of amides is 1. The van der Waals surface area contributed by atoms with E-state index in [-0.39, 0.29) is 11.9 Å². The zero-order valence-electron chi connectivity index (χ0n) is 11.4. The van der Waals surface area contributed by atoms with Gasteiger partial charge in [0, 0.05) is 30.3 Å². The lowest BCUT2D eigenvalue weighted by Gasteiger charge is -2.05. The minimum Gasteiger partial charge on any atom is -0.368 e. The number of anilines is 2. The maximum absolute atomic E-state index is 11.0. The van der Waals surface area contributed by atoms with Gasteiger partial charge in [0.15, 0.2) is 0 Å². The maximum atomic E-state index is 11.0. The molecule has 0 saturated heterocycles. The SMILES string of the molecule is CC(=O)Nc1ccc(-c2ccc3nc(N)ncc3c2)cn1. The van der Waals surface area contributed by atoms with E-state index in [1.807, 2.05) is 24.3 Å². The monoisotopic (exact) mass is 279 g/mol. The molecular weight excluding hydrogens is 266 g/mol. The van der Waals surface area contributed by atoms with Crippen LogP contribution in [-0.2, 0) is 4.79 Å². The van der Waals surface area contributed by atoms with Crippen LogP contribution in [0.1, 0.15) is 6.92 Å². The van der Waals surface area contributed by atoms with E-state index in [9.17, 15) is 4.79 Å². The third-order valence-corrected chi connectivity index (χ3v) is 3.00. The van der Waals surface area contributed by atoms with Crippen LogP contribution in [0.3, 0.4) is 0 Å². The predicted octanol–water partition coefficient (Wildman–Crippen LogP) is 2.23. The van der Waals surface area contributed by atoms with E-state index in [0.29, 0.717) is 5.82 Å². The predicted molar refractivity (Wildman–Crippen MR) is 81.5 cm³/mol. The number of carbonyl (C=O) groups is 1. The molecule has 0 aliphatic heterocycles. The fourth-order valence-electron chi connectivity index (χ4n) is 2.05. The first-order valence-corrected chi connectivity index (χ1v) is 6.38. The van der Waals surface area contributed by atoms with Crippen LogP contribution in [0.5, 0.6) is 0 Å². The fraction of sp³-hybridized carbons (Fsp3) is 0.0667. The van der Waals surface area contributed by atoms with E-state index in [4.69, 9.17) is 5.73 Å². The Morgan fingerprint density at radius 2 is 1.90 bits per heavy atom. The molecule has 6 nitrogen and oxygen atoms in total. The van der Waals surface area contributed by atoms with Crippen molar-refractivity contribution in [3.63, 3.8) is 0 Å². The standard InChI is InChI=1S/C15H13N5O/c1-9(21)19-14-5-3-11(7-17-14)10-2-4-13-12(6-10)8-18-15(16)20-13/h2-8H,1H3,(H2,16,18,20)(H,17,19,21). The fourth-order valence-corrected chi connectivity index (χ4v) is 2.05. The van der Waals surface area contributed by atoms with Gasteiger partial charge in [-0.1, -0.05) is 6.07 Å². The van der Waals surface area contributed by atoms with Crippen LogP contribution in [0, 0.1) is 0 Å². The van der Waals surface area contributed by atoms with Crippen molar-refractivity contribution in [1.29, 1.82) is 0 Å². The minimum absolute atomic E-state index is 0.143. The number of rotatable bonds is 2. The molecule has 2 heterocycles. The lowest BCUT2D eigenvalue weighted by Crippen LogP contribution is -2.06. The van der Waals surface area contributed by atoms with Gasteiger partial charge in [0.05, 0.1) is 5.52 Å². The second-order valence-electron chi connectivity index (χ2n) is 4.62. The lowest BCUT2D eigenvalue weighted by molar-refractivity contribution is -0.114. The highest BCUT2D eigenvalue weighted by molar-refractivity contribution is 5.88. The molecular formula is C15H13N5O. The van der Waals surface area contributed by atoms with Gasteiger partial charge in [-0.05, 0) is 29.8 Å². The molecule has 1 aromatic carbocycles. The highest BCUT2D eigenvalue weighted by Gasteiger charge is 2.03. The maximum Gasteiger partial charge on any atom is 0.222 e. The van der Waals surface area contributed by atoms with Crippen LogP contribution in [-0.4, -0.2) is 20.9 Å². The molecule has 0 fully saturated rings. The van der Waals surface area contributed by atoms with Gasteiger partial charge in [-0.25, -0.2) is 15.0 Å². The Labute approximate surface area is 121 Å². The summed E-state index contributed by atoms with van der Waals surface area (Å²) in [6.45, 7) is 1.45. The normalized spacial score (nSPS) is 10.5. The van der Waals surface area contributed by atoms with Crippen molar-refractivity contribution >= 4 is 28.6 Å². The summed E-state index contributed by atoms with van der Waals surface area (Å²) in [7, 11) is 0. The molecule has 0 unspecified atom stereocenters. The Balaban J connectivity index is 1.96. The van der Waals surface area contributed by atoms with Crippen molar-refractivity contribution in [2.45, 2.75) is 6.92 Å². The first-order valence-electron chi connectivity index (χ1n) is 6.38. The largest absolute Gasteiger partial charge is 0.368 e. The van der Waals surface area contributed by atoms with Crippen LogP contribution < -0.4 is 11.1 Å². The summed E-state index contributed by atoms with van der Waals surface area (Å²) in [6, 6.07) is 9.48. The van der Waals surface area contributed by atoms with E-state index in [1.54, 1.807) is 18.5 Å². The first-order chi connectivity index (χ1) is 10.1. The third-order valence-electron chi connectivity index (χ3n) is 3.00. The Morgan fingerprint density at radius 3 is 2.62 bits per heavy atom. The molecule has 1 amide bonds. The summed E-state index contributed by atoms with van der Waals surface area (Å²) in [5, 5.41) is 3.55.